The Balaban J connectivity index is 1.31. The maximum Gasteiger partial charge on any atom is 0.329 e. The van der Waals surface area contributed by atoms with Gasteiger partial charge in [-0.05, 0) is 36.0 Å². The molecule has 0 spiro atoms. The lowest BCUT2D eigenvalue weighted by atomic mass is 10.1. The molecular formula is C28H39ClN2O3. The minimum absolute atomic E-state index is 0.0672. The minimum atomic E-state index is -0.646. The summed E-state index contributed by atoms with van der Waals surface area (Å²) in [6, 6.07) is 7.67. The first-order valence-electron chi connectivity index (χ1n) is 13.0. The third-order valence-electron chi connectivity index (χ3n) is 6.59. The van der Waals surface area contributed by atoms with Crippen LogP contribution in [-0.2, 0) is 4.79 Å². The van der Waals surface area contributed by atoms with Crippen molar-refractivity contribution in [1.29, 1.82) is 0 Å². The van der Waals surface area contributed by atoms with Crippen molar-refractivity contribution in [3.8, 4) is 22.9 Å². The van der Waals surface area contributed by atoms with Gasteiger partial charge in [-0.3, -0.25) is 4.79 Å². The van der Waals surface area contributed by atoms with Gasteiger partial charge < -0.3 is 9.47 Å². The Kier molecular flexibility index (Phi) is 11.1. The number of rotatable bonds is 16. The summed E-state index contributed by atoms with van der Waals surface area (Å²) in [5.41, 5.74) is 1.81. The summed E-state index contributed by atoms with van der Waals surface area (Å²) < 4.78 is 11.1. The van der Waals surface area contributed by atoms with Crippen LogP contribution >= 0.6 is 11.6 Å². The van der Waals surface area contributed by atoms with Crippen LogP contribution in [-0.4, -0.2) is 27.9 Å². The van der Waals surface area contributed by atoms with Gasteiger partial charge in [-0.25, -0.2) is 9.97 Å². The van der Waals surface area contributed by atoms with Crippen LogP contribution in [0.1, 0.15) is 84.5 Å². The van der Waals surface area contributed by atoms with E-state index < -0.39 is 11.3 Å². The van der Waals surface area contributed by atoms with E-state index in [1.54, 1.807) is 24.5 Å². The molecule has 3 rings (SSSR count). The number of carbonyl (C=O) groups excluding carboxylic acids is 1. The van der Waals surface area contributed by atoms with Crippen LogP contribution in [0.5, 0.6) is 11.8 Å². The second-order valence-corrected chi connectivity index (χ2v) is 10.0. The highest BCUT2D eigenvalue weighted by atomic mass is 35.5. The predicted octanol–water partition coefficient (Wildman–Crippen LogP) is 7.61. The standard InChI is InChI=1S/C28H39ClN2O3/c1-3-21(2)26(29)27(32)34-25-16-14-23(15-17-25)24-19-30-28(31-20-24)33-18-10-8-6-4-5-7-9-11-22-12-13-22/h14-17,19-22,26H,3-13,18H2,1-2H3/t21-,26-/m0/s1. The number of aromatic nitrogens is 2. The molecule has 1 fully saturated rings. The van der Waals surface area contributed by atoms with Gasteiger partial charge in [-0.1, -0.05) is 90.2 Å². The summed E-state index contributed by atoms with van der Waals surface area (Å²) in [6.07, 6.45) is 17.8. The number of ether oxygens (including phenoxy) is 2. The molecule has 0 N–H and O–H groups in total. The molecule has 1 aliphatic carbocycles. The Morgan fingerprint density at radius 2 is 1.59 bits per heavy atom. The Bertz CT molecular complexity index is 853. The number of nitrogens with zero attached hydrogens (tertiary/aromatic N) is 2. The zero-order valence-corrected chi connectivity index (χ0v) is 21.4. The van der Waals surface area contributed by atoms with Gasteiger partial charge >= 0.3 is 12.0 Å². The summed E-state index contributed by atoms with van der Waals surface area (Å²) in [4.78, 5) is 20.8. The highest BCUT2D eigenvalue weighted by molar-refractivity contribution is 6.30. The molecule has 0 radical (unpaired) electrons. The van der Waals surface area contributed by atoms with E-state index in [1.807, 2.05) is 26.0 Å². The lowest BCUT2D eigenvalue weighted by Gasteiger charge is -2.15. The molecule has 1 aromatic heterocycles. The predicted molar refractivity (Wildman–Crippen MR) is 137 cm³/mol. The quantitative estimate of drug-likeness (QED) is 0.106. The van der Waals surface area contributed by atoms with Crippen LogP contribution < -0.4 is 9.47 Å². The number of alkyl halides is 1. The molecule has 0 saturated heterocycles. The highest BCUT2D eigenvalue weighted by Gasteiger charge is 2.23. The number of hydrogen-bond donors (Lipinski definition) is 0. The van der Waals surface area contributed by atoms with Crippen LogP contribution in [0.2, 0.25) is 0 Å². The van der Waals surface area contributed by atoms with Gasteiger partial charge in [0.25, 0.3) is 0 Å². The van der Waals surface area contributed by atoms with Gasteiger partial charge in [-0.15, -0.1) is 11.6 Å². The van der Waals surface area contributed by atoms with Crippen molar-refractivity contribution in [2.75, 3.05) is 6.61 Å². The van der Waals surface area contributed by atoms with Crippen LogP contribution in [0.3, 0.4) is 0 Å². The van der Waals surface area contributed by atoms with Gasteiger partial charge in [0, 0.05) is 18.0 Å². The Hall–Kier alpha value is -2.14. The van der Waals surface area contributed by atoms with Crippen LogP contribution in [0.25, 0.3) is 11.1 Å². The fourth-order valence-electron chi connectivity index (χ4n) is 3.86. The Morgan fingerprint density at radius 1 is 0.971 bits per heavy atom. The van der Waals surface area contributed by atoms with Crippen molar-refractivity contribution in [1.82, 2.24) is 9.97 Å². The van der Waals surface area contributed by atoms with E-state index in [9.17, 15) is 4.79 Å². The number of halogens is 1. The zero-order valence-electron chi connectivity index (χ0n) is 20.7. The summed E-state index contributed by atoms with van der Waals surface area (Å²) in [6.45, 7) is 4.59. The first-order valence-corrected chi connectivity index (χ1v) is 13.4. The van der Waals surface area contributed by atoms with E-state index in [4.69, 9.17) is 21.1 Å². The zero-order chi connectivity index (χ0) is 24.2. The number of unbranched alkanes of at least 4 members (excludes halogenated alkanes) is 6. The molecule has 1 aliphatic rings. The first-order chi connectivity index (χ1) is 16.6. The van der Waals surface area contributed by atoms with E-state index in [2.05, 4.69) is 9.97 Å². The number of esters is 1. The van der Waals surface area contributed by atoms with E-state index in [1.165, 1.54) is 57.8 Å². The summed E-state index contributed by atoms with van der Waals surface area (Å²) >= 11 is 6.17. The van der Waals surface area contributed by atoms with E-state index in [-0.39, 0.29) is 5.92 Å². The fraction of sp³-hybridized carbons (Fsp3) is 0.607. The van der Waals surface area contributed by atoms with Gasteiger partial charge in [0.2, 0.25) is 0 Å². The molecular weight excluding hydrogens is 448 g/mol. The molecule has 2 atom stereocenters. The van der Waals surface area contributed by atoms with Crippen molar-refractivity contribution < 1.29 is 14.3 Å². The Labute approximate surface area is 209 Å². The highest BCUT2D eigenvalue weighted by Crippen LogP contribution is 2.34. The summed E-state index contributed by atoms with van der Waals surface area (Å²) in [5.74, 6) is 1.20. The average Bonchev–Trinajstić information content (AvgIpc) is 3.69. The molecule has 1 heterocycles. The van der Waals surface area contributed by atoms with Crippen molar-refractivity contribution in [2.24, 2.45) is 11.8 Å². The van der Waals surface area contributed by atoms with E-state index >= 15 is 0 Å². The van der Waals surface area contributed by atoms with Crippen LogP contribution in [0.15, 0.2) is 36.7 Å². The Morgan fingerprint density at radius 3 is 2.21 bits per heavy atom. The summed E-state index contributed by atoms with van der Waals surface area (Å²) in [7, 11) is 0. The molecule has 186 valence electrons. The molecule has 0 aliphatic heterocycles. The number of benzene rings is 1. The van der Waals surface area contributed by atoms with E-state index in [0.29, 0.717) is 18.4 Å². The van der Waals surface area contributed by atoms with Gasteiger partial charge in [0.05, 0.1) is 6.61 Å². The normalized spacial score (nSPS) is 15.0. The van der Waals surface area contributed by atoms with Crippen molar-refractivity contribution in [2.45, 2.75) is 89.9 Å². The smallest absolute Gasteiger partial charge is 0.329 e. The molecule has 34 heavy (non-hydrogen) atoms. The maximum atomic E-state index is 12.1. The summed E-state index contributed by atoms with van der Waals surface area (Å²) in [5, 5.41) is -0.646. The lowest BCUT2D eigenvalue weighted by molar-refractivity contribution is -0.134. The molecule has 1 aromatic carbocycles. The van der Waals surface area contributed by atoms with Gasteiger partial charge in [-0.2, -0.15) is 0 Å². The maximum absolute atomic E-state index is 12.1. The van der Waals surface area contributed by atoms with Crippen molar-refractivity contribution >= 4 is 17.6 Å². The molecule has 0 amide bonds. The fourth-order valence-corrected chi connectivity index (χ4v) is 4.08. The average molecular weight is 487 g/mol. The monoisotopic (exact) mass is 486 g/mol. The topological polar surface area (TPSA) is 61.3 Å². The third-order valence-corrected chi connectivity index (χ3v) is 7.20. The van der Waals surface area contributed by atoms with Crippen molar-refractivity contribution in [3.05, 3.63) is 36.7 Å². The van der Waals surface area contributed by atoms with Gasteiger partial charge in [0.1, 0.15) is 11.1 Å². The minimum Gasteiger partial charge on any atom is -0.463 e. The molecule has 5 nitrogen and oxygen atoms in total. The molecule has 0 bridgehead atoms. The number of hydrogen-bond acceptors (Lipinski definition) is 5. The second kappa shape index (κ2) is 14.3. The van der Waals surface area contributed by atoms with Crippen LogP contribution in [0, 0.1) is 11.8 Å². The van der Waals surface area contributed by atoms with Crippen molar-refractivity contribution in [3.63, 3.8) is 0 Å². The molecule has 0 unspecified atom stereocenters. The molecule has 6 heteroatoms. The lowest BCUT2D eigenvalue weighted by Crippen LogP contribution is -2.26. The molecule has 1 saturated carbocycles. The van der Waals surface area contributed by atoms with E-state index in [0.717, 1.165) is 29.9 Å². The van der Waals surface area contributed by atoms with Gasteiger partial charge in [0.15, 0.2) is 0 Å². The number of carbonyl (C=O) groups is 1. The second-order valence-electron chi connectivity index (χ2n) is 9.54. The first kappa shape index (κ1) is 26.5. The molecule has 2 aromatic rings. The largest absolute Gasteiger partial charge is 0.463 e. The third kappa shape index (κ3) is 9.25. The van der Waals surface area contributed by atoms with Crippen LogP contribution in [0.4, 0.5) is 0 Å². The SMILES string of the molecule is CC[C@H](C)[C@H](Cl)C(=O)Oc1ccc(-c2cnc(OCCCCCCCCCC3CC3)nc2)cc1.